The van der Waals surface area contributed by atoms with Gasteiger partial charge in [0.1, 0.15) is 11.3 Å². The highest BCUT2D eigenvalue weighted by molar-refractivity contribution is 6.30. The lowest BCUT2D eigenvalue weighted by Crippen LogP contribution is -2.35. The van der Waals surface area contributed by atoms with Gasteiger partial charge in [-0.1, -0.05) is 22.9 Å². The number of aromatic nitrogens is 5. The Labute approximate surface area is 207 Å². The summed E-state index contributed by atoms with van der Waals surface area (Å²) in [5.41, 5.74) is 1.99. The molecule has 0 aromatic carbocycles. The molecule has 11 nitrogen and oxygen atoms in total. The highest BCUT2D eigenvalue weighted by atomic mass is 35.5. The van der Waals surface area contributed by atoms with Crippen LogP contribution >= 0.6 is 11.6 Å². The molecular formula is C23H25ClN8O3. The zero-order valence-corrected chi connectivity index (χ0v) is 20.2. The second-order valence-corrected chi connectivity index (χ2v) is 8.58. The van der Waals surface area contributed by atoms with Gasteiger partial charge in [0.15, 0.2) is 11.5 Å². The Bertz CT molecular complexity index is 1240. The Morgan fingerprint density at radius 1 is 1.26 bits per heavy atom. The lowest BCUT2D eigenvalue weighted by Gasteiger charge is -2.31. The zero-order valence-electron chi connectivity index (χ0n) is 19.5. The lowest BCUT2D eigenvalue weighted by atomic mass is 9.75. The number of hydrogen-bond acceptors (Lipinski definition) is 8. The van der Waals surface area contributed by atoms with E-state index in [1.54, 1.807) is 57.7 Å². The number of nitrogens with one attached hydrogen (secondary N) is 2. The van der Waals surface area contributed by atoms with Gasteiger partial charge >= 0.3 is 6.09 Å². The fourth-order valence-corrected chi connectivity index (χ4v) is 4.06. The van der Waals surface area contributed by atoms with Crippen molar-refractivity contribution in [2.45, 2.75) is 25.9 Å². The van der Waals surface area contributed by atoms with Gasteiger partial charge < -0.3 is 15.0 Å². The summed E-state index contributed by atoms with van der Waals surface area (Å²) in [7, 11) is 3.37. The first-order valence-electron chi connectivity index (χ1n) is 11.0. The smallest absolute Gasteiger partial charge is 0.413 e. The van der Waals surface area contributed by atoms with Crippen molar-refractivity contribution in [2.24, 2.45) is 23.9 Å². The number of anilines is 2. The standard InChI is InChI=1S/C23H25ClN8O3/c1-13(17-5-4-8-26-20(17)24)35-23(34)29-21-19(30-31-32(21)3)18-7-6-16(12-27-18)28-22(33)15-9-14(10-15)11-25-2/h4-8,11-15H,9-10H2,1-3H3,(H,28,33)(H,29,34)/t13-,14?,15?/m1/s1. The summed E-state index contributed by atoms with van der Waals surface area (Å²) in [6, 6.07) is 6.87. The van der Waals surface area contributed by atoms with Crippen molar-refractivity contribution < 1.29 is 14.3 Å². The van der Waals surface area contributed by atoms with E-state index in [-0.39, 0.29) is 17.0 Å². The molecule has 1 fully saturated rings. The maximum absolute atomic E-state index is 12.5. The van der Waals surface area contributed by atoms with Crippen molar-refractivity contribution in [2.75, 3.05) is 17.7 Å². The summed E-state index contributed by atoms with van der Waals surface area (Å²) < 4.78 is 6.85. The molecule has 1 atom stereocenters. The van der Waals surface area contributed by atoms with Crippen LogP contribution in [0.3, 0.4) is 0 Å². The average molecular weight is 497 g/mol. The van der Waals surface area contributed by atoms with E-state index in [4.69, 9.17) is 16.3 Å². The van der Waals surface area contributed by atoms with Gasteiger partial charge in [-0.25, -0.2) is 14.5 Å². The first-order chi connectivity index (χ1) is 16.9. The van der Waals surface area contributed by atoms with E-state index in [0.717, 1.165) is 12.8 Å². The number of rotatable bonds is 7. The van der Waals surface area contributed by atoms with Crippen LogP contribution in [-0.2, 0) is 16.6 Å². The zero-order chi connectivity index (χ0) is 24.9. The second kappa shape index (κ2) is 10.6. The minimum atomic E-state index is -0.708. The average Bonchev–Trinajstić information content (AvgIpc) is 3.16. The molecule has 2 N–H and O–H groups in total. The molecule has 4 rings (SSSR count). The number of hydrogen-bond donors (Lipinski definition) is 2. The number of aliphatic imine (C=N–C) groups is 1. The van der Waals surface area contributed by atoms with Crippen molar-refractivity contribution in [1.29, 1.82) is 0 Å². The predicted octanol–water partition coefficient (Wildman–Crippen LogP) is 3.90. The van der Waals surface area contributed by atoms with Gasteiger partial charge in [0.2, 0.25) is 5.91 Å². The highest BCUT2D eigenvalue weighted by Gasteiger charge is 2.33. The number of carbonyl (C=O) groups excluding carboxylic acids is 2. The van der Waals surface area contributed by atoms with E-state index in [9.17, 15) is 9.59 Å². The summed E-state index contributed by atoms with van der Waals surface area (Å²) in [6.45, 7) is 1.70. The SMILES string of the molecule is CN=CC1CC(C(=O)Nc2ccc(-c3nnn(C)c3NC(=O)O[C@H](C)c3cccnc3Cl)nc2)C1. The number of halogens is 1. The van der Waals surface area contributed by atoms with Gasteiger partial charge in [-0.3, -0.25) is 15.1 Å². The number of ether oxygens (including phenoxy) is 1. The second-order valence-electron chi connectivity index (χ2n) is 8.22. The number of pyridine rings is 2. The molecule has 0 saturated heterocycles. The van der Waals surface area contributed by atoms with Crippen molar-refractivity contribution in [3.05, 3.63) is 47.4 Å². The third-order valence-electron chi connectivity index (χ3n) is 5.74. The lowest BCUT2D eigenvalue weighted by molar-refractivity contribution is -0.122. The van der Waals surface area contributed by atoms with E-state index in [0.29, 0.717) is 34.4 Å². The van der Waals surface area contributed by atoms with Crippen molar-refractivity contribution in [1.82, 2.24) is 25.0 Å². The van der Waals surface area contributed by atoms with Gasteiger partial charge in [0, 0.05) is 38.0 Å². The number of aryl methyl sites for hydroxylation is 1. The summed E-state index contributed by atoms with van der Waals surface area (Å²) in [6.07, 6.45) is 5.25. The normalized spacial score (nSPS) is 18.1. The van der Waals surface area contributed by atoms with Gasteiger partial charge in [0.25, 0.3) is 0 Å². The first kappa shape index (κ1) is 24.3. The summed E-state index contributed by atoms with van der Waals surface area (Å²) in [4.78, 5) is 37.3. The summed E-state index contributed by atoms with van der Waals surface area (Å²) >= 11 is 6.08. The molecule has 1 saturated carbocycles. The third-order valence-corrected chi connectivity index (χ3v) is 6.05. The summed E-state index contributed by atoms with van der Waals surface area (Å²) in [5, 5.41) is 13.9. The fourth-order valence-electron chi connectivity index (χ4n) is 3.78. The molecule has 0 unspecified atom stereocenters. The molecule has 182 valence electrons. The van der Waals surface area contributed by atoms with Crippen LogP contribution in [0, 0.1) is 11.8 Å². The fraction of sp³-hybridized carbons (Fsp3) is 0.348. The molecule has 12 heteroatoms. The molecule has 2 amide bonds. The monoisotopic (exact) mass is 496 g/mol. The van der Waals surface area contributed by atoms with E-state index < -0.39 is 12.2 Å². The van der Waals surface area contributed by atoms with E-state index in [1.807, 2.05) is 6.21 Å². The number of amides is 2. The van der Waals surface area contributed by atoms with E-state index >= 15 is 0 Å². The van der Waals surface area contributed by atoms with Crippen LogP contribution in [0.5, 0.6) is 0 Å². The molecule has 1 aliphatic carbocycles. The van der Waals surface area contributed by atoms with Gasteiger partial charge in [0.05, 0.1) is 17.6 Å². The molecule has 0 bridgehead atoms. The Kier molecular flexibility index (Phi) is 7.35. The van der Waals surface area contributed by atoms with Crippen molar-refractivity contribution in [3.63, 3.8) is 0 Å². The summed E-state index contributed by atoms with van der Waals surface area (Å²) in [5.74, 6) is 0.618. The topological polar surface area (TPSA) is 136 Å². The molecular weight excluding hydrogens is 472 g/mol. The van der Waals surface area contributed by atoms with Gasteiger partial charge in [-0.2, -0.15) is 0 Å². The number of nitrogens with zero attached hydrogens (tertiary/aromatic N) is 6. The molecule has 35 heavy (non-hydrogen) atoms. The van der Waals surface area contributed by atoms with Crippen LogP contribution in [0.15, 0.2) is 41.7 Å². The van der Waals surface area contributed by atoms with Gasteiger partial charge in [-0.05, 0) is 43.9 Å². The Balaban J connectivity index is 1.39. The molecule has 0 spiro atoms. The molecule has 3 aromatic rings. The van der Waals surface area contributed by atoms with Crippen LogP contribution in [0.4, 0.5) is 16.3 Å². The molecule has 0 radical (unpaired) electrons. The molecule has 1 aliphatic rings. The minimum absolute atomic E-state index is 0.0246. The predicted molar refractivity (Wildman–Crippen MR) is 131 cm³/mol. The minimum Gasteiger partial charge on any atom is -0.441 e. The first-order valence-corrected chi connectivity index (χ1v) is 11.4. The maximum atomic E-state index is 12.5. The highest BCUT2D eigenvalue weighted by Crippen LogP contribution is 2.33. The molecule has 3 heterocycles. The third kappa shape index (κ3) is 5.62. The van der Waals surface area contributed by atoms with Crippen LogP contribution in [-0.4, -0.2) is 50.2 Å². The number of carbonyl (C=O) groups is 2. The Morgan fingerprint density at radius 3 is 2.74 bits per heavy atom. The quantitative estimate of drug-likeness (QED) is 0.374. The largest absolute Gasteiger partial charge is 0.441 e. The van der Waals surface area contributed by atoms with Crippen LogP contribution < -0.4 is 10.6 Å². The van der Waals surface area contributed by atoms with Crippen molar-refractivity contribution >= 4 is 41.3 Å². The van der Waals surface area contributed by atoms with E-state index in [2.05, 4.69) is 35.9 Å². The van der Waals surface area contributed by atoms with E-state index in [1.165, 1.54) is 4.68 Å². The van der Waals surface area contributed by atoms with Gasteiger partial charge in [-0.15, -0.1) is 5.10 Å². The Morgan fingerprint density at radius 2 is 2.06 bits per heavy atom. The van der Waals surface area contributed by atoms with Crippen LogP contribution in [0.25, 0.3) is 11.4 Å². The van der Waals surface area contributed by atoms with Crippen LogP contribution in [0.1, 0.15) is 31.4 Å². The Hall–Kier alpha value is -3.86. The van der Waals surface area contributed by atoms with Crippen molar-refractivity contribution in [3.8, 4) is 11.4 Å². The maximum Gasteiger partial charge on any atom is 0.413 e. The molecule has 3 aromatic heterocycles. The van der Waals surface area contributed by atoms with Crippen LogP contribution in [0.2, 0.25) is 5.15 Å². The molecule has 0 aliphatic heterocycles.